The van der Waals surface area contributed by atoms with E-state index in [1.807, 2.05) is 36.1 Å². The zero-order valence-corrected chi connectivity index (χ0v) is 18.6. The first kappa shape index (κ1) is 21.1. The summed E-state index contributed by atoms with van der Waals surface area (Å²) in [6.45, 7) is 3.56. The van der Waals surface area contributed by atoms with Crippen LogP contribution in [-0.4, -0.2) is 41.0 Å². The number of likely N-dealkylation sites (tertiary alicyclic amines) is 1. The van der Waals surface area contributed by atoms with E-state index in [9.17, 15) is 9.59 Å². The lowest BCUT2D eigenvalue weighted by Crippen LogP contribution is -2.50. The Hall–Kier alpha value is -3.74. The molecule has 0 atom stereocenters. The number of hydrogen-bond donors (Lipinski definition) is 1. The van der Waals surface area contributed by atoms with Crippen molar-refractivity contribution in [1.82, 2.24) is 9.47 Å². The number of benzene rings is 2. The predicted molar refractivity (Wildman–Crippen MR) is 124 cm³/mol. The van der Waals surface area contributed by atoms with Gasteiger partial charge in [-0.05, 0) is 48.9 Å². The molecule has 1 spiro atoms. The highest BCUT2D eigenvalue weighted by Crippen LogP contribution is 2.45. The van der Waals surface area contributed by atoms with Gasteiger partial charge in [-0.2, -0.15) is 0 Å². The average molecular weight is 446 g/mol. The molecule has 0 radical (unpaired) electrons. The molecular formula is C26H27N3O4. The van der Waals surface area contributed by atoms with Crippen LogP contribution in [0.1, 0.15) is 52.6 Å². The number of amides is 2. The standard InChI is InChI=1S/C26H27N3O4/c1-2-16-32-21-10-9-18(17-19(21)24(27)30)25(31)28-14-11-26(12-15-28)23-8-5-13-29(23)20-6-3-4-7-22(20)33-26/h3-10,13,17H,2,11-12,14-16H2,1H3,(H2,27,30). The molecule has 7 heteroatoms. The molecule has 2 N–H and O–H groups in total. The third-order valence-electron chi connectivity index (χ3n) is 6.46. The number of para-hydroxylation sites is 2. The molecule has 3 heterocycles. The lowest BCUT2D eigenvalue weighted by molar-refractivity contribution is -0.00931. The molecule has 1 fully saturated rings. The van der Waals surface area contributed by atoms with Gasteiger partial charge in [0.05, 0.1) is 23.6 Å². The van der Waals surface area contributed by atoms with Gasteiger partial charge in [0.2, 0.25) is 0 Å². The summed E-state index contributed by atoms with van der Waals surface area (Å²) >= 11 is 0. The fraction of sp³-hybridized carbons (Fsp3) is 0.308. The van der Waals surface area contributed by atoms with Crippen molar-refractivity contribution >= 4 is 11.8 Å². The largest absolute Gasteiger partial charge is 0.493 e. The summed E-state index contributed by atoms with van der Waals surface area (Å²) in [6.07, 6.45) is 4.22. The van der Waals surface area contributed by atoms with Crippen LogP contribution in [0.2, 0.25) is 0 Å². The molecule has 0 bridgehead atoms. The van der Waals surface area contributed by atoms with Crippen molar-refractivity contribution in [3.8, 4) is 17.2 Å². The molecule has 33 heavy (non-hydrogen) atoms. The van der Waals surface area contributed by atoms with Gasteiger partial charge in [-0.1, -0.05) is 19.1 Å². The smallest absolute Gasteiger partial charge is 0.253 e. The van der Waals surface area contributed by atoms with Crippen molar-refractivity contribution in [2.75, 3.05) is 19.7 Å². The van der Waals surface area contributed by atoms with Crippen LogP contribution >= 0.6 is 0 Å². The minimum atomic E-state index is -0.608. The van der Waals surface area contributed by atoms with E-state index in [0.29, 0.717) is 43.9 Å². The second-order valence-electron chi connectivity index (χ2n) is 8.54. The number of rotatable bonds is 5. The normalized spacial score (nSPS) is 16.0. The molecule has 2 aromatic carbocycles. The SMILES string of the molecule is CCCOc1ccc(C(=O)N2CCC3(CC2)Oc2ccccc2-n2cccc23)cc1C(N)=O. The Morgan fingerprint density at radius 2 is 1.88 bits per heavy atom. The van der Waals surface area contributed by atoms with Gasteiger partial charge in [-0.15, -0.1) is 0 Å². The zero-order chi connectivity index (χ0) is 23.0. The minimum Gasteiger partial charge on any atom is -0.493 e. The Morgan fingerprint density at radius 3 is 2.64 bits per heavy atom. The molecule has 2 aliphatic heterocycles. The predicted octanol–water partition coefficient (Wildman–Crippen LogP) is 3.89. The van der Waals surface area contributed by atoms with E-state index >= 15 is 0 Å². The number of primary amides is 1. The highest BCUT2D eigenvalue weighted by molar-refractivity contribution is 6.01. The quantitative estimate of drug-likeness (QED) is 0.646. The Morgan fingerprint density at radius 1 is 1.09 bits per heavy atom. The van der Waals surface area contributed by atoms with Crippen LogP contribution in [0.3, 0.4) is 0 Å². The summed E-state index contributed by atoms with van der Waals surface area (Å²) in [6, 6.07) is 17.0. The molecule has 7 nitrogen and oxygen atoms in total. The van der Waals surface area contributed by atoms with Gasteiger partial charge in [0.25, 0.3) is 11.8 Å². The number of ether oxygens (including phenoxy) is 2. The van der Waals surface area contributed by atoms with E-state index in [1.54, 1.807) is 18.2 Å². The first-order valence-corrected chi connectivity index (χ1v) is 11.3. The number of hydrogen-bond acceptors (Lipinski definition) is 4. The van der Waals surface area contributed by atoms with Crippen molar-refractivity contribution in [3.63, 3.8) is 0 Å². The topological polar surface area (TPSA) is 86.8 Å². The van der Waals surface area contributed by atoms with Crippen LogP contribution in [0.25, 0.3) is 5.69 Å². The van der Waals surface area contributed by atoms with Crippen LogP contribution in [0, 0.1) is 0 Å². The van der Waals surface area contributed by atoms with Gasteiger partial charge in [0.15, 0.2) is 5.60 Å². The van der Waals surface area contributed by atoms with Gasteiger partial charge in [0.1, 0.15) is 11.5 Å². The van der Waals surface area contributed by atoms with E-state index in [-0.39, 0.29) is 11.5 Å². The lowest BCUT2D eigenvalue weighted by atomic mass is 9.86. The summed E-state index contributed by atoms with van der Waals surface area (Å²) in [5, 5.41) is 0. The summed E-state index contributed by atoms with van der Waals surface area (Å²) in [7, 11) is 0. The van der Waals surface area contributed by atoms with Crippen molar-refractivity contribution in [1.29, 1.82) is 0 Å². The molecular weight excluding hydrogens is 418 g/mol. The summed E-state index contributed by atoms with van der Waals surface area (Å²) in [4.78, 5) is 27.0. The zero-order valence-electron chi connectivity index (χ0n) is 18.6. The number of aromatic nitrogens is 1. The van der Waals surface area contributed by atoms with Crippen molar-refractivity contribution in [3.05, 3.63) is 77.6 Å². The van der Waals surface area contributed by atoms with E-state index in [2.05, 4.69) is 22.9 Å². The number of carbonyl (C=O) groups excluding carboxylic acids is 2. The average Bonchev–Trinajstić information content (AvgIpc) is 3.34. The second kappa shape index (κ2) is 8.31. The second-order valence-corrected chi connectivity index (χ2v) is 8.54. The number of nitrogens with two attached hydrogens (primary N) is 1. The lowest BCUT2D eigenvalue weighted by Gasteiger charge is -2.45. The molecule has 2 aliphatic rings. The summed E-state index contributed by atoms with van der Waals surface area (Å²) in [5.74, 6) is 0.535. The van der Waals surface area contributed by atoms with E-state index in [4.69, 9.17) is 15.2 Å². The number of carbonyl (C=O) groups is 2. The van der Waals surface area contributed by atoms with E-state index < -0.39 is 11.5 Å². The molecule has 0 unspecified atom stereocenters. The Labute approximate surface area is 192 Å². The molecule has 0 saturated carbocycles. The molecule has 5 rings (SSSR count). The number of piperidine rings is 1. The maximum absolute atomic E-state index is 13.3. The Bertz CT molecular complexity index is 1210. The molecule has 2 amide bonds. The highest BCUT2D eigenvalue weighted by atomic mass is 16.5. The minimum absolute atomic E-state index is 0.124. The first-order valence-electron chi connectivity index (χ1n) is 11.3. The fourth-order valence-electron chi connectivity index (χ4n) is 4.77. The van der Waals surface area contributed by atoms with Crippen molar-refractivity contribution in [2.45, 2.75) is 31.8 Å². The van der Waals surface area contributed by atoms with Crippen LogP contribution < -0.4 is 15.2 Å². The van der Waals surface area contributed by atoms with Crippen LogP contribution in [0.15, 0.2) is 60.8 Å². The summed E-state index contributed by atoms with van der Waals surface area (Å²) in [5.41, 5.74) is 7.88. The number of nitrogens with zero attached hydrogens (tertiary/aromatic N) is 2. The van der Waals surface area contributed by atoms with Gasteiger partial charge in [-0.3, -0.25) is 9.59 Å². The maximum atomic E-state index is 13.3. The van der Waals surface area contributed by atoms with E-state index in [1.165, 1.54) is 0 Å². The van der Waals surface area contributed by atoms with Crippen LogP contribution in [0.4, 0.5) is 0 Å². The van der Waals surface area contributed by atoms with Gasteiger partial charge in [0, 0.05) is 37.7 Å². The summed E-state index contributed by atoms with van der Waals surface area (Å²) < 4.78 is 14.3. The van der Waals surface area contributed by atoms with Gasteiger partial charge >= 0.3 is 0 Å². The Kier molecular flexibility index (Phi) is 5.32. The Balaban J connectivity index is 1.35. The monoisotopic (exact) mass is 445 g/mol. The fourth-order valence-corrected chi connectivity index (χ4v) is 4.77. The first-order chi connectivity index (χ1) is 16.0. The molecule has 170 valence electrons. The van der Waals surface area contributed by atoms with Gasteiger partial charge in [-0.25, -0.2) is 0 Å². The third kappa shape index (κ3) is 3.63. The third-order valence-corrected chi connectivity index (χ3v) is 6.46. The maximum Gasteiger partial charge on any atom is 0.253 e. The molecule has 0 aliphatic carbocycles. The highest BCUT2D eigenvalue weighted by Gasteiger charge is 2.44. The van der Waals surface area contributed by atoms with Crippen LogP contribution in [0.5, 0.6) is 11.5 Å². The van der Waals surface area contributed by atoms with Gasteiger partial charge < -0.3 is 24.7 Å². The molecule has 1 saturated heterocycles. The van der Waals surface area contributed by atoms with Crippen molar-refractivity contribution in [2.24, 2.45) is 5.73 Å². The number of fused-ring (bicyclic) bond motifs is 4. The van der Waals surface area contributed by atoms with Crippen molar-refractivity contribution < 1.29 is 19.1 Å². The van der Waals surface area contributed by atoms with E-state index in [0.717, 1.165) is 23.6 Å². The molecule has 3 aromatic rings. The molecule has 1 aromatic heterocycles. The van der Waals surface area contributed by atoms with Crippen LogP contribution in [-0.2, 0) is 5.60 Å².